The van der Waals surface area contributed by atoms with Crippen molar-refractivity contribution in [2.75, 3.05) is 18.5 Å². The van der Waals surface area contributed by atoms with Crippen molar-refractivity contribution in [1.82, 2.24) is 4.98 Å². The first-order valence-electron chi connectivity index (χ1n) is 7.25. The number of aromatic nitrogens is 1. The second-order valence-electron chi connectivity index (χ2n) is 4.82. The van der Waals surface area contributed by atoms with E-state index < -0.39 is 6.43 Å². The SMILES string of the molecule is CCCNc1cc(C(F)F)nc2c(OCCC)cccc12. The third-order valence-corrected chi connectivity index (χ3v) is 3.07. The average molecular weight is 294 g/mol. The largest absolute Gasteiger partial charge is 0.491 e. The Balaban J connectivity index is 2.54. The number of alkyl halides is 2. The van der Waals surface area contributed by atoms with E-state index in [2.05, 4.69) is 10.3 Å². The molecule has 0 bridgehead atoms. The summed E-state index contributed by atoms with van der Waals surface area (Å²) in [4.78, 5) is 4.08. The number of nitrogens with zero attached hydrogens (tertiary/aromatic N) is 1. The maximum Gasteiger partial charge on any atom is 0.280 e. The van der Waals surface area contributed by atoms with Crippen molar-refractivity contribution >= 4 is 16.6 Å². The third kappa shape index (κ3) is 3.60. The lowest BCUT2D eigenvalue weighted by molar-refractivity contribution is 0.146. The van der Waals surface area contributed by atoms with Gasteiger partial charge in [0, 0.05) is 17.6 Å². The van der Waals surface area contributed by atoms with Gasteiger partial charge in [-0.1, -0.05) is 26.0 Å². The molecule has 2 aromatic rings. The van der Waals surface area contributed by atoms with E-state index >= 15 is 0 Å². The number of halogens is 2. The van der Waals surface area contributed by atoms with Crippen LogP contribution in [0.4, 0.5) is 14.5 Å². The van der Waals surface area contributed by atoms with Crippen LogP contribution >= 0.6 is 0 Å². The predicted octanol–water partition coefficient (Wildman–Crippen LogP) is 4.78. The van der Waals surface area contributed by atoms with Gasteiger partial charge in [-0.25, -0.2) is 13.8 Å². The van der Waals surface area contributed by atoms with Gasteiger partial charge in [-0.2, -0.15) is 0 Å². The lowest BCUT2D eigenvalue weighted by Gasteiger charge is -2.14. The summed E-state index contributed by atoms with van der Waals surface area (Å²) in [6.07, 6.45) is -0.832. The first-order chi connectivity index (χ1) is 10.2. The molecule has 1 heterocycles. The molecular formula is C16H20F2N2O. The van der Waals surface area contributed by atoms with E-state index in [4.69, 9.17) is 4.74 Å². The molecule has 21 heavy (non-hydrogen) atoms. The highest BCUT2D eigenvalue weighted by Gasteiger charge is 2.15. The second-order valence-corrected chi connectivity index (χ2v) is 4.82. The number of para-hydroxylation sites is 1. The van der Waals surface area contributed by atoms with Gasteiger partial charge in [-0.3, -0.25) is 0 Å². The van der Waals surface area contributed by atoms with Gasteiger partial charge in [0.2, 0.25) is 0 Å². The second kappa shape index (κ2) is 7.20. The Hall–Kier alpha value is -1.91. The molecule has 0 spiro atoms. The summed E-state index contributed by atoms with van der Waals surface area (Å²) in [5.74, 6) is 0.552. The molecule has 2 rings (SSSR count). The molecule has 0 unspecified atom stereocenters. The minimum atomic E-state index is -2.60. The van der Waals surface area contributed by atoms with Crippen LogP contribution in [0.3, 0.4) is 0 Å². The van der Waals surface area contributed by atoms with Crippen LogP contribution in [-0.4, -0.2) is 18.1 Å². The normalized spacial score (nSPS) is 11.1. The molecule has 0 aliphatic heterocycles. The molecule has 0 radical (unpaired) electrons. The number of hydrogen-bond donors (Lipinski definition) is 1. The Kier molecular flexibility index (Phi) is 5.31. The van der Waals surface area contributed by atoms with Crippen molar-refractivity contribution in [2.45, 2.75) is 33.1 Å². The molecule has 0 amide bonds. The van der Waals surface area contributed by atoms with Crippen molar-refractivity contribution in [3.8, 4) is 5.75 Å². The summed E-state index contributed by atoms with van der Waals surface area (Å²) in [7, 11) is 0. The summed E-state index contributed by atoms with van der Waals surface area (Å²) in [5, 5.41) is 3.99. The molecule has 0 saturated carbocycles. The summed E-state index contributed by atoms with van der Waals surface area (Å²) >= 11 is 0. The molecule has 0 fully saturated rings. The van der Waals surface area contributed by atoms with Crippen LogP contribution in [0.25, 0.3) is 10.9 Å². The van der Waals surface area contributed by atoms with Crippen molar-refractivity contribution in [3.63, 3.8) is 0 Å². The molecule has 1 aromatic heterocycles. The molecule has 1 N–H and O–H groups in total. The molecule has 0 atom stereocenters. The third-order valence-electron chi connectivity index (χ3n) is 3.07. The van der Waals surface area contributed by atoms with Gasteiger partial charge >= 0.3 is 0 Å². The van der Waals surface area contributed by atoms with E-state index in [1.165, 1.54) is 6.07 Å². The molecular weight excluding hydrogens is 274 g/mol. The van der Waals surface area contributed by atoms with Gasteiger partial charge in [-0.05, 0) is 25.0 Å². The van der Waals surface area contributed by atoms with Gasteiger partial charge in [0.25, 0.3) is 6.43 Å². The standard InChI is InChI=1S/C16H20F2N2O/c1-3-8-19-12-10-13(16(17)18)20-15-11(12)6-5-7-14(15)21-9-4-2/h5-7,10,16H,3-4,8-9H2,1-2H3,(H,19,20). The molecule has 3 nitrogen and oxygen atoms in total. The fraction of sp³-hybridized carbons (Fsp3) is 0.438. The quantitative estimate of drug-likeness (QED) is 0.797. The minimum absolute atomic E-state index is 0.228. The van der Waals surface area contributed by atoms with Crippen LogP contribution < -0.4 is 10.1 Å². The molecule has 0 saturated heterocycles. The molecule has 0 aliphatic rings. The summed E-state index contributed by atoms with van der Waals surface area (Å²) in [5.41, 5.74) is 0.940. The van der Waals surface area contributed by atoms with E-state index in [9.17, 15) is 8.78 Å². The number of ether oxygens (including phenoxy) is 1. The van der Waals surface area contributed by atoms with E-state index in [1.54, 1.807) is 6.07 Å². The van der Waals surface area contributed by atoms with Gasteiger partial charge in [0.05, 0.1) is 6.61 Å². The Morgan fingerprint density at radius 2 is 2.05 bits per heavy atom. The van der Waals surface area contributed by atoms with E-state index in [-0.39, 0.29) is 5.69 Å². The maximum absolute atomic E-state index is 13.0. The fourth-order valence-corrected chi connectivity index (χ4v) is 2.09. The van der Waals surface area contributed by atoms with Crippen molar-refractivity contribution in [1.29, 1.82) is 0 Å². The Bertz CT molecular complexity index is 602. The minimum Gasteiger partial charge on any atom is -0.491 e. The van der Waals surface area contributed by atoms with Gasteiger partial charge in [0.1, 0.15) is 17.0 Å². The number of pyridine rings is 1. The molecule has 5 heteroatoms. The van der Waals surface area contributed by atoms with E-state index in [0.717, 1.165) is 24.8 Å². The molecule has 114 valence electrons. The zero-order valence-electron chi connectivity index (χ0n) is 12.3. The highest BCUT2D eigenvalue weighted by molar-refractivity contribution is 5.95. The lowest BCUT2D eigenvalue weighted by Crippen LogP contribution is -2.04. The number of anilines is 1. The van der Waals surface area contributed by atoms with Crippen LogP contribution in [0.15, 0.2) is 24.3 Å². The Labute approximate surface area is 123 Å². The van der Waals surface area contributed by atoms with Gasteiger partial charge < -0.3 is 10.1 Å². The highest BCUT2D eigenvalue weighted by atomic mass is 19.3. The van der Waals surface area contributed by atoms with Crippen molar-refractivity contribution in [2.24, 2.45) is 0 Å². The topological polar surface area (TPSA) is 34.2 Å². The molecule has 0 aliphatic carbocycles. The van der Waals surface area contributed by atoms with Crippen LogP contribution in [0, 0.1) is 0 Å². The van der Waals surface area contributed by atoms with Gasteiger partial charge in [-0.15, -0.1) is 0 Å². The van der Waals surface area contributed by atoms with Gasteiger partial charge in [0.15, 0.2) is 0 Å². The van der Waals surface area contributed by atoms with Crippen molar-refractivity contribution < 1.29 is 13.5 Å². The monoisotopic (exact) mass is 294 g/mol. The number of hydrogen-bond acceptors (Lipinski definition) is 3. The summed E-state index contributed by atoms with van der Waals surface area (Å²) < 4.78 is 31.7. The van der Waals surface area contributed by atoms with Crippen LogP contribution in [0.2, 0.25) is 0 Å². The van der Waals surface area contributed by atoms with Crippen molar-refractivity contribution in [3.05, 3.63) is 30.0 Å². The first-order valence-corrected chi connectivity index (χ1v) is 7.25. The number of rotatable bonds is 7. The van der Waals surface area contributed by atoms with Crippen LogP contribution in [0.1, 0.15) is 38.8 Å². The van der Waals surface area contributed by atoms with Crippen LogP contribution in [0.5, 0.6) is 5.75 Å². The predicted molar refractivity (Wildman–Crippen MR) is 81.3 cm³/mol. The first kappa shape index (κ1) is 15.5. The smallest absolute Gasteiger partial charge is 0.280 e. The zero-order chi connectivity index (χ0) is 15.2. The Morgan fingerprint density at radius 1 is 1.24 bits per heavy atom. The van der Waals surface area contributed by atoms with E-state index in [0.29, 0.717) is 23.6 Å². The maximum atomic E-state index is 13.0. The number of benzene rings is 1. The highest BCUT2D eigenvalue weighted by Crippen LogP contribution is 2.32. The molecule has 1 aromatic carbocycles. The summed E-state index contributed by atoms with van der Waals surface area (Å²) in [6.45, 7) is 5.29. The lowest BCUT2D eigenvalue weighted by atomic mass is 10.1. The van der Waals surface area contributed by atoms with Crippen LogP contribution in [-0.2, 0) is 0 Å². The summed E-state index contributed by atoms with van der Waals surface area (Å²) in [6, 6.07) is 6.92. The zero-order valence-corrected chi connectivity index (χ0v) is 12.3. The fourth-order valence-electron chi connectivity index (χ4n) is 2.09. The number of nitrogens with one attached hydrogen (secondary N) is 1. The Morgan fingerprint density at radius 3 is 2.71 bits per heavy atom. The van der Waals surface area contributed by atoms with E-state index in [1.807, 2.05) is 26.0 Å². The average Bonchev–Trinajstić information content (AvgIpc) is 2.50. The number of fused-ring (bicyclic) bond motifs is 1.